The molecule has 0 aromatic heterocycles. The second kappa shape index (κ2) is 5.63. The molecular weight excluding hydrogens is 204 g/mol. The minimum Gasteiger partial charge on any atom is -0.420 e. The van der Waals surface area contributed by atoms with Gasteiger partial charge in [-0.15, -0.1) is 0 Å². The topological polar surface area (TPSA) is 66.0 Å². The highest BCUT2D eigenvalue weighted by Crippen LogP contribution is 2.27. The van der Waals surface area contributed by atoms with Crippen molar-refractivity contribution in [2.75, 3.05) is 0 Å². The molecule has 0 radical (unpaired) electrons. The Morgan fingerprint density at radius 1 is 0.938 bits per heavy atom. The van der Waals surface area contributed by atoms with Gasteiger partial charge in [-0.25, -0.2) is 0 Å². The smallest absolute Gasteiger partial charge is 0.286 e. The molecule has 1 aromatic rings. The van der Waals surface area contributed by atoms with Crippen molar-refractivity contribution >= 4 is 0 Å². The fraction of sp³-hybridized carbons (Fsp3) is 0.333. The average Bonchev–Trinajstić information content (AvgIpc) is 2.30. The van der Waals surface area contributed by atoms with Crippen LogP contribution in [-0.4, -0.2) is 0 Å². The molecule has 0 heterocycles. The fourth-order valence-electron chi connectivity index (χ4n) is 1.54. The number of ether oxygens (including phenoxy) is 2. The first kappa shape index (κ1) is 11.9. The van der Waals surface area contributed by atoms with Gasteiger partial charge in [-0.3, -0.25) is 0 Å². The lowest BCUT2D eigenvalue weighted by Gasteiger charge is -2.17. The van der Waals surface area contributed by atoms with Crippen LogP contribution in [0.4, 0.5) is 0 Å². The number of benzene rings is 1. The molecule has 0 saturated carbocycles. The second-order valence-electron chi connectivity index (χ2n) is 3.33. The van der Waals surface area contributed by atoms with Crippen molar-refractivity contribution in [1.29, 1.82) is 10.5 Å². The lowest BCUT2D eigenvalue weighted by atomic mass is 9.99. The van der Waals surface area contributed by atoms with E-state index < -0.39 is 0 Å². The SMILES string of the molecule is CC(OC#N)c1ccccc1C(C)OC#N. The van der Waals surface area contributed by atoms with Crippen LogP contribution in [0, 0.1) is 23.0 Å². The van der Waals surface area contributed by atoms with Crippen LogP contribution in [0.1, 0.15) is 37.2 Å². The summed E-state index contributed by atoms with van der Waals surface area (Å²) in [6.07, 6.45) is 2.63. The Kier molecular flexibility index (Phi) is 4.17. The van der Waals surface area contributed by atoms with Crippen molar-refractivity contribution in [3.63, 3.8) is 0 Å². The monoisotopic (exact) mass is 216 g/mol. The molecule has 1 aromatic carbocycles. The first-order valence-corrected chi connectivity index (χ1v) is 4.89. The summed E-state index contributed by atoms with van der Waals surface area (Å²) in [6.45, 7) is 3.56. The molecule has 0 N–H and O–H groups in total. The van der Waals surface area contributed by atoms with Crippen LogP contribution in [0.2, 0.25) is 0 Å². The summed E-state index contributed by atoms with van der Waals surface area (Å²) in [5.41, 5.74) is 1.71. The third-order valence-corrected chi connectivity index (χ3v) is 2.33. The van der Waals surface area contributed by atoms with Gasteiger partial charge in [-0.05, 0) is 13.8 Å². The molecule has 2 unspecified atom stereocenters. The summed E-state index contributed by atoms with van der Waals surface area (Å²) < 4.78 is 9.73. The van der Waals surface area contributed by atoms with Crippen molar-refractivity contribution < 1.29 is 9.47 Å². The predicted molar refractivity (Wildman–Crippen MR) is 56.7 cm³/mol. The van der Waals surface area contributed by atoms with Gasteiger partial charge in [0.1, 0.15) is 12.2 Å². The Balaban J connectivity index is 3.01. The zero-order valence-corrected chi connectivity index (χ0v) is 9.18. The number of nitriles is 2. The van der Waals surface area contributed by atoms with Crippen LogP contribution in [0.15, 0.2) is 24.3 Å². The maximum Gasteiger partial charge on any atom is 0.286 e. The van der Waals surface area contributed by atoms with Crippen LogP contribution < -0.4 is 0 Å². The number of hydrogen-bond donors (Lipinski definition) is 0. The summed E-state index contributed by atoms with van der Waals surface area (Å²) in [4.78, 5) is 0. The third-order valence-electron chi connectivity index (χ3n) is 2.33. The van der Waals surface area contributed by atoms with Gasteiger partial charge in [0.05, 0.1) is 0 Å². The van der Waals surface area contributed by atoms with Crippen LogP contribution in [0.3, 0.4) is 0 Å². The minimum atomic E-state index is -0.342. The third kappa shape index (κ3) is 2.65. The van der Waals surface area contributed by atoms with E-state index in [4.69, 9.17) is 20.0 Å². The van der Waals surface area contributed by atoms with E-state index in [0.717, 1.165) is 11.1 Å². The zero-order valence-electron chi connectivity index (χ0n) is 9.18. The van der Waals surface area contributed by atoms with Crippen molar-refractivity contribution in [2.45, 2.75) is 26.1 Å². The second-order valence-corrected chi connectivity index (χ2v) is 3.33. The van der Waals surface area contributed by atoms with E-state index in [9.17, 15) is 0 Å². The fourth-order valence-corrected chi connectivity index (χ4v) is 1.54. The Hall–Kier alpha value is -2.20. The van der Waals surface area contributed by atoms with Crippen LogP contribution in [0.5, 0.6) is 0 Å². The van der Waals surface area contributed by atoms with Gasteiger partial charge in [0.2, 0.25) is 0 Å². The molecule has 0 bridgehead atoms. The Morgan fingerprint density at radius 3 is 1.62 bits per heavy atom. The van der Waals surface area contributed by atoms with Crippen LogP contribution >= 0.6 is 0 Å². The Bertz CT molecular complexity index is 390. The maximum absolute atomic E-state index is 8.48. The predicted octanol–water partition coefficient (Wildman–Crippen LogP) is 2.80. The van der Waals surface area contributed by atoms with Crippen molar-refractivity contribution in [1.82, 2.24) is 0 Å². The van der Waals surface area contributed by atoms with Crippen molar-refractivity contribution in [2.24, 2.45) is 0 Å². The zero-order chi connectivity index (χ0) is 12.0. The largest absolute Gasteiger partial charge is 0.420 e. The molecule has 0 spiro atoms. The highest BCUT2D eigenvalue weighted by atomic mass is 16.5. The molecule has 4 nitrogen and oxygen atoms in total. The van der Waals surface area contributed by atoms with E-state index in [1.807, 2.05) is 24.3 Å². The van der Waals surface area contributed by atoms with Crippen LogP contribution in [0.25, 0.3) is 0 Å². The van der Waals surface area contributed by atoms with Gasteiger partial charge in [-0.1, -0.05) is 24.3 Å². The molecule has 0 amide bonds. The van der Waals surface area contributed by atoms with E-state index in [1.165, 1.54) is 0 Å². The summed E-state index contributed by atoms with van der Waals surface area (Å²) in [6, 6.07) is 7.42. The lowest BCUT2D eigenvalue weighted by Crippen LogP contribution is -2.05. The first-order valence-electron chi connectivity index (χ1n) is 4.89. The normalized spacial score (nSPS) is 13.0. The molecule has 0 aliphatic heterocycles. The standard InChI is InChI=1S/C12H12N2O2/c1-9(15-7-13)11-5-3-4-6-12(11)10(2)16-8-14/h3-6,9-10H,1-2H3. The molecule has 1 rings (SSSR count). The quantitative estimate of drug-likeness (QED) is 0.726. The van der Waals surface area contributed by atoms with Gasteiger partial charge in [0.25, 0.3) is 12.5 Å². The van der Waals surface area contributed by atoms with E-state index >= 15 is 0 Å². The number of nitrogens with zero attached hydrogens (tertiary/aromatic N) is 2. The molecule has 0 saturated heterocycles. The maximum atomic E-state index is 8.48. The Labute approximate surface area is 94.6 Å². The highest BCUT2D eigenvalue weighted by molar-refractivity contribution is 5.31. The van der Waals surface area contributed by atoms with Crippen molar-refractivity contribution in [3.05, 3.63) is 35.4 Å². The van der Waals surface area contributed by atoms with Crippen molar-refractivity contribution in [3.8, 4) is 12.5 Å². The van der Waals surface area contributed by atoms with Gasteiger partial charge >= 0.3 is 0 Å². The minimum absolute atomic E-state index is 0.342. The first-order chi connectivity index (χ1) is 7.70. The molecular formula is C12H12N2O2. The van der Waals surface area contributed by atoms with Gasteiger partial charge in [-0.2, -0.15) is 10.5 Å². The molecule has 0 aliphatic rings. The number of rotatable bonds is 4. The summed E-state index contributed by atoms with van der Waals surface area (Å²) in [5.74, 6) is 0. The van der Waals surface area contributed by atoms with E-state index in [1.54, 1.807) is 26.4 Å². The Morgan fingerprint density at radius 2 is 1.31 bits per heavy atom. The molecule has 0 fully saturated rings. The summed E-state index contributed by atoms with van der Waals surface area (Å²) in [5, 5.41) is 17.0. The summed E-state index contributed by atoms with van der Waals surface area (Å²) >= 11 is 0. The van der Waals surface area contributed by atoms with Gasteiger partial charge in [0, 0.05) is 11.1 Å². The highest BCUT2D eigenvalue weighted by Gasteiger charge is 2.16. The molecule has 2 atom stereocenters. The van der Waals surface area contributed by atoms with E-state index in [2.05, 4.69) is 0 Å². The van der Waals surface area contributed by atoms with Crippen LogP contribution in [-0.2, 0) is 9.47 Å². The lowest BCUT2D eigenvalue weighted by molar-refractivity contribution is 0.161. The van der Waals surface area contributed by atoms with E-state index in [0.29, 0.717) is 0 Å². The number of hydrogen-bond acceptors (Lipinski definition) is 4. The summed E-state index contributed by atoms with van der Waals surface area (Å²) in [7, 11) is 0. The van der Waals surface area contributed by atoms with Gasteiger partial charge in [0.15, 0.2) is 0 Å². The van der Waals surface area contributed by atoms with Gasteiger partial charge < -0.3 is 9.47 Å². The average molecular weight is 216 g/mol. The molecule has 16 heavy (non-hydrogen) atoms. The van der Waals surface area contributed by atoms with E-state index in [-0.39, 0.29) is 12.2 Å². The molecule has 4 heteroatoms. The molecule has 0 aliphatic carbocycles. The molecule has 82 valence electrons.